The minimum absolute atomic E-state index is 0.00375. The largest absolute Gasteiger partial charge is 0.351 e. The molecular formula is C12H21N3O+. The van der Waals surface area contributed by atoms with E-state index in [1.807, 2.05) is 42.7 Å². The van der Waals surface area contributed by atoms with Gasteiger partial charge in [-0.1, -0.05) is 13.3 Å². The van der Waals surface area contributed by atoms with Crippen LogP contribution in [0, 0.1) is 0 Å². The first kappa shape index (κ1) is 12.8. The number of hydrogen-bond acceptors (Lipinski definition) is 2. The SMILES string of the molecule is CCCCNC(=O)c1ccc([N+](C)C)n1C. The van der Waals surface area contributed by atoms with E-state index >= 15 is 0 Å². The van der Waals surface area contributed by atoms with Crippen LogP contribution < -0.4 is 10.2 Å². The third-order valence-electron chi connectivity index (χ3n) is 2.60. The summed E-state index contributed by atoms with van der Waals surface area (Å²) in [6, 6.07) is 3.81. The molecule has 16 heavy (non-hydrogen) atoms. The summed E-state index contributed by atoms with van der Waals surface area (Å²) in [5.41, 5.74) is 0.708. The number of carbonyl (C=O) groups excluding carboxylic acids is 1. The molecular weight excluding hydrogens is 202 g/mol. The highest BCUT2D eigenvalue weighted by Crippen LogP contribution is 2.14. The lowest BCUT2D eigenvalue weighted by Gasteiger charge is -2.06. The molecule has 1 heterocycles. The van der Waals surface area contributed by atoms with Crippen LogP contribution in [0.2, 0.25) is 0 Å². The molecule has 0 saturated carbocycles. The molecule has 0 fully saturated rings. The Morgan fingerprint density at radius 3 is 2.62 bits per heavy atom. The molecule has 0 aliphatic heterocycles. The van der Waals surface area contributed by atoms with Gasteiger partial charge in [-0.25, -0.2) is 0 Å². The molecule has 0 aliphatic rings. The zero-order valence-electron chi connectivity index (χ0n) is 10.6. The third-order valence-corrected chi connectivity index (χ3v) is 2.60. The zero-order chi connectivity index (χ0) is 12.1. The van der Waals surface area contributed by atoms with Crippen molar-refractivity contribution >= 4 is 11.7 Å². The van der Waals surface area contributed by atoms with Crippen molar-refractivity contribution in [2.75, 3.05) is 20.6 Å². The number of rotatable bonds is 5. The first-order valence-electron chi connectivity index (χ1n) is 5.69. The summed E-state index contributed by atoms with van der Waals surface area (Å²) in [5.74, 6) is 1.03. The smallest absolute Gasteiger partial charge is 0.268 e. The predicted molar refractivity (Wildman–Crippen MR) is 66.3 cm³/mol. The molecule has 4 heteroatoms. The summed E-state index contributed by atoms with van der Waals surface area (Å²) in [6.07, 6.45) is 2.12. The lowest BCUT2D eigenvalue weighted by molar-refractivity contribution is 0.0945. The van der Waals surface area contributed by atoms with Gasteiger partial charge in [0.25, 0.3) is 11.7 Å². The minimum atomic E-state index is 0.00375. The highest BCUT2D eigenvalue weighted by Gasteiger charge is 2.17. The van der Waals surface area contributed by atoms with Crippen LogP contribution in [0.25, 0.3) is 0 Å². The van der Waals surface area contributed by atoms with E-state index in [1.165, 1.54) is 0 Å². The number of aromatic nitrogens is 1. The van der Waals surface area contributed by atoms with Gasteiger partial charge in [0.1, 0.15) is 19.8 Å². The Balaban J connectivity index is 2.69. The van der Waals surface area contributed by atoms with E-state index < -0.39 is 0 Å². The molecule has 1 amide bonds. The van der Waals surface area contributed by atoms with Crippen LogP contribution in [0.4, 0.5) is 5.82 Å². The number of carbonyl (C=O) groups is 1. The van der Waals surface area contributed by atoms with Crippen molar-refractivity contribution in [3.8, 4) is 0 Å². The Morgan fingerprint density at radius 1 is 1.44 bits per heavy atom. The monoisotopic (exact) mass is 223 g/mol. The Hall–Kier alpha value is -1.29. The molecule has 1 radical (unpaired) electrons. The van der Waals surface area contributed by atoms with Gasteiger partial charge < -0.3 is 5.32 Å². The van der Waals surface area contributed by atoms with Gasteiger partial charge in [0.2, 0.25) is 0 Å². The second-order valence-electron chi connectivity index (χ2n) is 4.14. The fraction of sp³-hybridized carbons (Fsp3) is 0.583. The van der Waals surface area contributed by atoms with Gasteiger partial charge in [0.05, 0.1) is 0 Å². The molecule has 0 aliphatic carbocycles. The Labute approximate surface area is 97.2 Å². The Morgan fingerprint density at radius 2 is 2.12 bits per heavy atom. The maximum absolute atomic E-state index is 11.8. The molecule has 89 valence electrons. The van der Waals surface area contributed by atoms with E-state index in [4.69, 9.17) is 0 Å². The number of nitrogens with zero attached hydrogens (tertiary/aromatic N) is 2. The summed E-state index contributed by atoms with van der Waals surface area (Å²) in [7, 11) is 5.84. The number of hydrogen-bond donors (Lipinski definition) is 1. The molecule has 0 spiro atoms. The van der Waals surface area contributed by atoms with Crippen molar-refractivity contribution in [2.24, 2.45) is 7.05 Å². The van der Waals surface area contributed by atoms with Gasteiger partial charge in [-0.05, 0) is 12.5 Å². The van der Waals surface area contributed by atoms with Crippen LogP contribution in [0.5, 0.6) is 0 Å². The number of anilines is 1. The maximum atomic E-state index is 11.8. The third kappa shape index (κ3) is 2.85. The second-order valence-corrected chi connectivity index (χ2v) is 4.14. The van der Waals surface area contributed by atoms with Gasteiger partial charge in [-0.2, -0.15) is 0 Å². The molecule has 0 atom stereocenters. The quantitative estimate of drug-likeness (QED) is 0.597. The molecule has 1 N–H and O–H groups in total. The van der Waals surface area contributed by atoms with E-state index in [9.17, 15) is 4.79 Å². The lowest BCUT2D eigenvalue weighted by Crippen LogP contribution is -2.27. The summed E-state index contributed by atoms with van der Waals surface area (Å²) in [6.45, 7) is 2.86. The van der Waals surface area contributed by atoms with Crippen molar-refractivity contribution in [2.45, 2.75) is 19.8 Å². The Kier molecular flexibility index (Phi) is 4.55. The molecule has 0 bridgehead atoms. The number of amides is 1. The molecule has 0 unspecified atom stereocenters. The predicted octanol–water partition coefficient (Wildman–Crippen LogP) is 1.59. The summed E-state index contributed by atoms with van der Waals surface area (Å²) < 4.78 is 1.90. The number of unbranched alkanes of at least 4 members (excludes halogenated alkanes) is 1. The highest BCUT2D eigenvalue weighted by molar-refractivity contribution is 5.93. The first-order chi connectivity index (χ1) is 7.57. The molecule has 1 aromatic rings. The van der Waals surface area contributed by atoms with E-state index in [0.717, 1.165) is 25.2 Å². The van der Waals surface area contributed by atoms with Crippen LogP contribution in [0.1, 0.15) is 30.3 Å². The molecule has 1 aromatic heterocycles. The molecule has 0 aromatic carbocycles. The first-order valence-corrected chi connectivity index (χ1v) is 5.69. The van der Waals surface area contributed by atoms with Gasteiger partial charge >= 0.3 is 0 Å². The van der Waals surface area contributed by atoms with Gasteiger partial charge in [0, 0.05) is 19.7 Å². The molecule has 1 rings (SSSR count). The summed E-state index contributed by atoms with van der Waals surface area (Å²) in [5, 5.41) is 2.91. The fourth-order valence-electron chi connectivity index (χ4n) is 1.65. The van der Waals surface area contributed by atoms with Crippen molar-refractivity contribution in [1.29, 1.82) is 0 Å². The molecule has 4 nitrogen and oxygen atoms in total. The summed E-state index contributed by atoms with van der Waals surface area (Å²) in [4.78, 5) is 13.8. The minimum Gasteiger partial charge on any atom is -0.351 e. The van der Waals surface area contributed by atoms with Crippen molar-refractivity contribution in [3.05, 3.63) is 17.8 Å². The van der Waals surface area contributed by atoms with E-state index in [0.29, 0.717) is 5.69 Å². The van der Waals surface area contributed by atoms with Gasteiger partial charge in [0.15, 0.2) is 0 Å². The normalized spacial score (nSPS) is 10.8. The highest BCUT2D eigenvalue weighted by atomic mass is 16.1. The van der Waals surface area contributed by atoms with E-state index in [1.54, 1.807) is 0 Å². The van der Waals surface area contributed by atoms with Gasteiger partial charge in [-0.3, -0.25) is 9.36 Å². The van der Waals surface area contributed by atoms with Crippen LogP contribution in [0.15, 0.2) is 12.1 Å². The fourth-order valence-corrected chi connectivity index (χ4v) is 1.65. The average Bonchev–Trinajstić information content (AvgIpc) is 2.60. The van der Waals surface area contributed by atoms with Crippen LogP contribution >= 0.6 is 0 Å². The maximum Gasteiger partial charge on any atom is 0.268 e. The van der Waals surface area contributed by atoms with Crippen LogP contribution in [-0.4, -0.2) is 31.1 Å². The van der Waals surface area contributed by atoms with Crippen molar-refractivity contribution in [3.63, 3.8) is 0 Å². The van der Waals surface area contributed by atoms with Crippen molar-refractivity contribution < 1.29 is 4.79 Å². The van der Waals surface area contributed by atoms with Gasteiger partial charge in [-0.15, -0.1) is 4.90 Å². The van der Waals surface area contributed by atoms with Crippen LogP contribution in [0.3, 0.4) is 0 Å². The van der Waals surface area contributed by atoms with E-state index in [2.05, 4.69) is 12.2 Å². The summed E-state index contributed by atoms with van der Waals surface area (Å²) >= 11 is 0. The van der Waals surface area contributed by atoms with Crippen LogP contribution in [-0.2, 0) is 7.05 Å². The average molecular weight is 223 g/mol. The Bertz CT molecular complexity index is 355. The topological polar surface area (TPSA) is 39.9 Å². The zero-order valence-corrected chi connectivity index (χ0v) is 10.6. The number of nitrogens with one attached hydrogen (secondary N) is 1. The molecule has 0 saturated heterocycles. The second kappa shape index (κ2) is 5.70. The van der Waals surface area contributed by atoms with E-state index in [-0.39, 0.29) is 5.91 Å². The standard InChI is InChI=1S/C12H21N3O/c1-5-6-9-13-12(16)10-7-8-11(14(2)3)15(10)4/h7-8H,5-6,9H2,1-4H3,(H,13,16)/q+1. The van der Waals surface area contributed by atoms with Crippen molar-refractivity contribution in [1.82, 2.24) is 14.8 Å². The lowest BCUT2D eigenvalue weighted by atomic mass is 10.3.